The van der Waals surface area contributed by atoms with E-state index in [1.54, 1.807) is 0 Å². The zero-order chi connectivity index (χ0) is 20.9. The van der Waals surface area contributed by atoms with Gasteiger partial charge in [0.05, 0.1) is 11.8 Å². The van der Waals surface area contributed by atoms with Crippen LogP contribution >= 0.6 is 0 Å². The highest BCUT2D eigenvalue weighted by Crippen LogP contribution is 2.47. The normalized spacial score (nSPS) is 23.5. The van der Waals surface area contributed by atoms with Gasteiger partial charge >= 0.3 is 0 Å². The lowest BCUT2D eigenvalue weighted by molar-refractivity contribution is -0.145. The minimum Gasteiger partial charge on any atom is -0.299 e. The minimum atomic E-state index is -0.908. The molecule has 4 nitrogen and oxygen atoms in total. The average Bonchev–Trinajstić information content (AvgIpc) is 2.50. The fraction of sp³-hybridized carbons (Fsp3) is 0.583. The van der Waals surface area contributed by atoms with Crippen molar-refractivity contribution < 1.29 is 19.2 Å². The summed E-state index contributed by atoms with van der Waals surface area (Å²) in [6.45, 7) is 9.62. The summed E-state index contributed by atoms with van der Waals surface area (Å²) in [6.07, 6.45) is 1.19. The molecule has 0 radical (unpaired) electrons. The molecule has 150 valence electrons. The SMILES string of the molecule is Cc1ccc(C(C2C(=O)CC(C)(C)CC2=O)C2C(=O)CC(C)(C)CC2=O)cc1. The summed E-state index contributed by atoms with van der Waals surface area (Å²) in [5.74, 6) is -3.07. The summed E-state index contributed by atoms with van der Waals surface area (Å²) >= 11 is 0. The first kappa shape index (κ1) is 20.6. The Morgan fingerprint density at radius 2 is 1.00 bits per heavy atom. The van der Waals surface area contributed by atoms with E-state index in [-0.39, 0.29) is 34.0 Å². The van der Waals surface area contributed by atoms with Crippen LogP contribution in [0, 0.1) is 29.6 Å². The number of hydrogen-bond donors (Lipinski definition) is 0. The van der Waals surface area contributed by atoms with E-state index in [2.05, 4.69) is 0 Å². The lowest BCUT2D eigenvalue weighted by Crippen LogP contribution is -2.48. The molecule has 0 heterocycles. The van der Waals surface area contributed by atoms with Crippen molar-refractivity contribution in [2.45, 2.75) is 66.2 Å². The van der Waals surface area contributed by atoms with E-state index < -0.39 is 17.8 Å². The number of Topliss-reactive ketones (excluding diaryl/α,β-unsaturated/α-hetero) is 4. The topological polar surface area (TPSA) is 68.3 Å². The molecular formula is C24H30O4. The molecule has 1 aromatic rings. The van der Waals surface area contributed by atoms with E-state index in [4.69, 9.17) is 0 Å². The summed E-state index contributed by atoms with van der Waals surface area (Å²) in [6, 6.07) is 7.54. The van der Waals surface area contributed by atoms with Crippen LogP contribution in [0.5, 0.6) is 0 Å². The fourth-order valence-corrected chi connectivity index (χ4v) is 4.98. The largest absolute Gasteiger partial charge is 0.299 e. The molecule has 3 rings (SSSR count). The van der Waals surface area contributed by atoms with Gasteiger partial charge in [0, 0.05) is 31.6 Å². The highest BCUT2D eigenvalue weighted by atomic mass is 16.2. The van der Waals surface area contributed by atoms with Gasteiger partial charge in [-0.2, -0.15) is 0 Å². The minimum absolute atomic E-state index is 0.141. The van der Waals surface area contributed by atoms with E-state index >= 15 is 0 Å². The molecule has 0 aliphatic heterocycles. The molecule has 4 heteroatoms. The first-order valence-electron chi connectivity index (χ1n) is 10.1. The third-order valence-corrected chi connectivity index (χ3v) is 6.18. The summed E-state index contributed by atoms with van der Waals surface area (Å²) in [5.41, 5.74) is 1.05. The molecule has 1 aromatic carbocycles. The lowest BCUT2D eigenvalue weighted by Gasteiger charge is -2.41. The molecule has 0 N–H and O–H groups in total. The molecule has 0 atom stereocenters. The zero-order valence-electron chi connectivity index (χ0n) is 17.5. The van der Waals surface area contributed by atoms with Crippen molar-refractivity contribution >= 4 is 23.1 Å². The molecular weight excluding hydrogens is 352 g/mol. The van der Waals surface area contributed by atoms with Gasteiger partial charge in [-0.05, 0) is 23.3 Å². The van der Waals surface area contributed by atoms with Crippen molar-refractivity contribution in [1.82, 2.24) is 0 Å². The van der Waals surface area contributed by atoms with Crippen molar-refractivity contribution in [2.24, 2.45) is 22.7 Å². The predicted octanol–water partition coefficient (Wildman–Crippen LogP) is 4.23. The Labute approximate surface area is 167 Å². The van der Waals surface area contributed by atoms with Crippen LogP contribution in [0.3, 0.4) is 0 Å². The van der Waals surface area contributed by atoms with Gasteiger partial charge < -0.3 is 0 Å². The Bertz CT molecular complexity index is 741. The van der Waals surface area contributed by atoms with Crippen molar-refractivity contribution in [3.8, 4) is 0 Å². The zero-order valence-corrected chi connectivity index (χ0v) is 17.5. The summed E-state index contributed by atoms with van der Waals surface area (Å²) in [4.78, 5) is 52.2. The van der Waals surface area contributed by atoms with Crippen molar-refractivity contribution in [3.63, 3.8) is 0 Å². The third-order valence-electron chi connectivity index (χ3n) is 6.18. The summed E-state index contributed by atoms with van der Waals surface area (Å²) in [7, 11) is 0. The van der Waals surface area contributed by atoms with Crippen LogP contribution in [0.4, 0.5) is 0 Å². The van der Waals surface area contributed by atoms with Crippen LogP contribution in [0.1, 0.15) is 70.4 Å². The molecule has 0 spiro atoms. The monoisotopic (exact) mass is 382 g/mol. The van der Waals surface area contributed by atoms with Crippen LogP contribution in [-0.4, -0.2) is 23.1 Å². The summed E-state index contributed by atoms with van der Waals surface area (Å²) < 4.78 is 0. The highest BCUT2D eigenvalue weighted by Gasteiger charge is 2.52. The summed E-state index contributed by atoms with van der Waals surface area (Å²) in [5, 5.41) is 0. The molecule has 0 saturated heterocycles. The van der Waals surface area contributed by atoms with Gasteiger partial charge in [-0.3, -0.25) is 19.2 Å². The van der Waals surface area contributed by atoms with Crippen LogP contribution in [0.2, 0.25) is 0 Å². The number of ketones is 4. The maximum Gasteiger partial charge on any atom is 0.144 e. The first-order chi connectivity index (χ1) is 12.9. The Kier molecular flexibility index (Phi) is 5.20. The predicted molar refractivity (Wildman–Crippen MR) is 107 cm³/mol. The van der Waals surface area contributed by atoms with E-state index in [1.807, 2.05) is 58.9 Å². The Hall–Kier alpha value is -2.10. The van der Waals surface area contributed by atoms with Gasteiger partial charge in [0.15, 0.2) is 0 Å². The standard InChI is InChI=1S/C24H30O4/c1-14-6-8-15(9-7-14)20(21-16(25)10-23(2,3)11-17(21)26)22-18(27)12-24(4,5)13-19(22)28/h6-9,20-22H,10-13H2,1-5H3. The molecule has 28 heavy (non-hydrogen) atoms. The maximum atomic E-state index is 13.0. The van der Waals surface area contributed by atoms with Crippen molar-refractivity contribution in [1.29, 1.82) is 0 Å². The van der Waals surface area contributed by atoms with E-state index in [9.17, 15) is 19.2 Å². The third kappa shape index (κ3) is 4.01. The first-order valence-corrected chi connectivity index (χ1v) is 10.1. The second-order valence-electron chi connectivity index (χ2n) is 10.3. The molecule has 0 bridgehead atoms. The molecule has 2 aliphatic rings. The molecule has 0 amide bonds. The average molecular weight is 383 g/mol. The van der Waals surface area contributed by atoms with Crippen LogP contribution in [0.25, 0.3) is 0 Å². The van der Waals surface area contributed by atoms with Gasteiger partial charge in [-0.1, -0.05) is 57.5 Å². The molecule has 2 fully saturated rings. The second kappa shape index (κ2) is 7.06. The highest BCUT2D eigenvalue weighted by molar-refractivity contribution is 6.11. The van der Waals surface area contributed by atoms with Crippen LogP contribution in [-0.2, 0) is 19.2 Å². The molecule has 0 aromatic heterocycles. The van der Waals surface area contributed by atoms with E-state index in [0.29, 0.717) is 25.7 Å². The Morgan fingerprint density at radius 1 is 0.679 bits per heavy atom. The van der Waals surface area contributed by atoms with Crippen LogP contribution < -0.4 is 0 Å². The van der Waals surface area contributed by atoms with E-state index in [1.165, 1.54) is 0 Å². The molecule has 0 unspecified atom stereocenters. The van der Waals surface area contributed by atoms with Gasteiger partial charge in [0.25, 0.3) is 0 Å². The molecule has 2 aliphatic carbocycles. The Balaban J connectivity index is 2.07. The van der Waals surface area contributed by atoms with Gasteiger partial charge in [0.2, 0.25) is 0 Å². The quantitative estimate of drug-likeness (QED) is 0.734. The molecule has 2 saturated carbocycles. The fourth-order valence-electron chi connectivity index (χ4n) is 4.98. The maximum absolute atomic E-state index is 13.0. The number of rotatable bonds is 3. The lowest BCUT2D eigenvalue weighted by atomic mass is 9.59. The number of carbonyl (C=O) groups is 4. The van der Waals surface area contributed by atoms with E-state index in [0.717, 1.165) is 11.1 Å². The van der Waals surface area contributed by atoms with Crippen molar-refractivity contribution in [2.75, 3.05) is 0 Å². The van der Waals surface area contributed by atoms with Gasteiger partial charge in [-0.25, -0.2) is 0 Å². The van der Waals surface area contributed by atoms with Crippen LogP contribution in [0.15, 0.2) is 24.3 Å². The second-order valence-corrected chi connectivity index (χ2v) is 10.3. The van der Waals surface area contributed by atoms with Crippen molar-refractivity contribution in [3.05, 3.63) is 35.4 Å². The van der Waals surface area contributed by atoms with Gasteiger partial charge in [0.1, 0.15) is 23.1 Å². The smallest absolute Gasteiger partial charge is 0.144 e. The number of benzene rings is 1. The number of hydrogen-bond acceptors (Lipinski definition) is 4. The van der Waals surface area contributed by atoms with Gasteiger partial charge in [-0.15, -0.1) is 0 Å². The Morgan fingerprint density at radius 3 is 1.32 bits per heavy atom. The number of aryl methyl sites for hydroxylation is 1. The number of carbonyl (C=O) groups excluding carboxylic acids is 4.